The Morgan fingerprint density at radius 3 is 2.25 bits per heavy atom. The molecule has 182 valence electrons. The molecule has 0 fully saturated rings. The van der Waals surface area contributed by atoms with Gasteiger partial charge in [-0.2, -0.15) is 5.10 Å². The molecule has 36 heavy (non-hydrogen) atoms. The van der Waals surface area contributed by atoms with Crippen molar-refractivity contribution in [2.75, 3.05) is 6.54 Å². The Hall–Kier alpha value is -4.72. The van der Waals surface area contributed by atoms with Crippen molar-refractivity contribution >= 4 is 17.7 Å². The maximum Gasteiger partial charge on any atom is 0.255 e. The Bertz CT molecular complexity index is 1410. The van der Waals surface area contributed by atoms with Crippen molar-refractivity contribution in [3.05, 3.63) is 107 Å². The van der Waals surface area contributed by atoms with Gasteiger partial charge in [0, 0.05) is 23.9 Å². The lowest BCUT2D eigenvalue weighted by molar-refractivity contribution is -0.117. The van der Waals surface area contributed by atoms with E-state index in [1.54, 1.807) is 35.1 Å². The largest absolute Gasteiger partial charge is 0.368 e. The SMILES string of the molecule is Cc1ccc(-c2nn(-c3ccccc3)cc2C(=O)NCc2ccc(C(=O)NCC(N)=O)cc2)cc1C. The number of aromatic nitrogens is 2. The molecule has 0 unspecified atom stereocenters. The minimum Gasteiger partial charge on any atom is -0.368 e. The van der Waals surface area contributed by atoms with E-state index in [0.717, 1.165) is 22.4 Å². The van der Waals surface area contributed by atoms with Gasteiger partial charge in [-0.3, -0.25) is 14.4 Å². The molecule has 0 radical (unpaired) electrons. The summed E-state index contributed by atoms with van der Waals surface area (Å²) in [6.45, 7) is 4.12. The number of primary amides is 1. The number of aryl methyl sites for hydroxylation is 2. The summed E-state index contributed by atoms with van der Waals surface area (Å²) in [5, 5.41) is 10.1. The summed E-state index contributed by atoms with van der Waals surface area (Å²) in [7, 11) is 0. The van der Waals surface area contributed by atoms with Gasteiger partial charge in [0.1, 0.15) is 5.69 Å². The Morgan fingerprint density at radius 2 is 1.58 bits per heavy atom. The fourth-order valence-corrected chi connectivity index (χ4v) is 3.68. The standard InChI is InChI=1S/C28H27N5O3/c1-18-8-11-22(14-19(18)2)26-24(17-33(32-26)23-6-4-3-5-7-23)28(36)30-15-20-9-12-21(13-10-20)27(35)31-16-25(29)34/h3-14,17H,15-16H2,1-2H3,(H2,29,34)(H,30,36)(H,31,35). The number of nitrogens with one attached hydrogen (secondary N) is 2. The topological polar surface area (TPSA) is 119 Å². The van der Waals surface area contributed by atoms with Gasteiger partial charge in [-0.15, -0.1) is 0 Å². The molecule has 0 aliphatic heterocycles. The first-order chi connectivity index (χ1) is 17.3. The quantitative estimate of drug-likeness (QED) is 0.358. The molecule has 1 aromatic heterocycles. The number of para-hydroxylation sites is 1. The zero-order valence-corrected chi connectivity index (χ0v) is 20.1. The molecule has 3 aromatic carbocycles. The maximum atomic E-state index is 13.3. The zero-order chi connectivity index (χ0) is 25.7. The second kappa shape index (κ2) is 10.7. The number of hydrogen-bond acceptors (Lipinski definition) is 4. The first-order valence-electron chi connectivity index (χ1n) is 11.5. The third-order valence-corrected chi connectivity index (χ3v) is 5.85. The Morgan fingerprint density at radius 1 is 0.861 bits per heavy atom. The number of nitrogens with two attached hydrogens (primary N) is 1. The molecule has 0 aliphatic carbocycles. The van der Waals surface area contributed by atoms with Crippen LogP contribution in [0.2, 0.25) is 0 Å². The Labute approximate surface area is 209 Å². The summed E-state index contributed by atoms with van der Waals surface area (Å²) in [5.41, 5.74) is 11.3. The first kappa shape index (κ1) is 24.4. The average molecular weight is 482 g/mol. The van der Waals surface area contributed by atoms with E-state index >= 15 is 0 Å². The van der Waals surface area contributed by atoms with Crippen LogP contribution >= 0.6 is 0 Å². The highest BCUT2D eigenvalue weighted by Gasteiger charge is 2.19. The summed E-state index contributed by atoms with van der Waals surface area (Å²) >= 11 is 0. The summed E-state index contributed by atoms with van der Waals surface area (Å²) in [5.74, 6) is -1.26. The van der Waals surface area contributed by atoms with Crippen molar-refractivity contribution < 1.29 is 14.4 Å². The van der Waals surface area contributed by atoms with Crippen LogP contribution < -0.4 is 16.4 Å². The summed E-state index contributed by atoms with van der Waals surface area (Å²) in [4.78, 5) is 36.2. The van der Waals surface area contributed by atoms with Crippen LogP contribution in [0.1, 0.15) is 37.4 Å². The molecule has 4 N–H and O–H groups in total. The molecule has 3 amide bonds. The molecule has 8 heteroatoms. The highest BCUT2D eigenvalue weighted by atomic mass is 16.2. The molecule has 1 heterocycles. The second-order valence-corrected chi connectivity index (χ2v) is 8.50. The van der Waals surface area contributed by atoms with Crippen LogP contribution in [-0.4, -0.2) is 34.0 Å². The van der Waals surface area contributed by atoms with Crippen molar-refractivity contribution in [1.82, 2.24) is 20.4 Å². The van der Waals surface area contributed by atoms with Crippen molar-refractivity contribution in [2.24, 2.45) is 5.73 Å². The van der Waals surface area contributed by atoms with Crippen LogP contribution in [0.15, 0.2) is 79.0 Å². The van der Waals surface area contributed by atoms with Crippen molar-refractivity contribution in [2.45, 2.75) is 20.4 Å². The van der Waals surface area contributed by atoms with Gasteiger partial charge in [0.05, 0.1) is 17.8 Å². The third-order valence-electron chi connectivity index (χ3n) is 5.85. The lowest BCUT2D eigenvalue weighted by atomic mass is 10.0. The lowest BCUT2D eigenvalue weighted by Crippen LogP contribution is -2.33. The van der Waals surface area contributed by atoms with Crippen LogP contribution in [0, 0.1) is 13.8 Å². The second-order valence-electron chi connectivity index (χ2n) is 8.50. The number of amides is 3. The van der Waals surface area contributed by atoms with Gasteiger partial charge in [-0.1, -0.05) is 42.5 Å². The van der Waals surface area contributed by atoms with Gasteiger partial charge in [0.25, 0.3) is 11.8 Å². The molecule has 0 saturated heterocycles. The summed E-state index contributed by atoms with van der Waals surface area (Å²) in [6, 6.07) is 22.4. The van der Waals surface area contributed by atoms with E-state index in [9.17, 15) is 14.4 Å². The molecule has 0 bridgehead atoms. The summed E-state index contributed by atoms with van der Waals surface area (Å²) in [6.07, 6.45) is 1.74. The highest BCUT2D eigenvalue weighted by molar-refractivity contribution is 6.00. The number of carbonyl (C=O) groups excluding carboxylic acids is 3. The van der Waals surface area contributed by atoms with E-state index in [1.165, 1.54) is 5.56 Å². The first-order valence-corrected chi connectivity index (χ1v) is 11.5. The van der Waals surface area contributed by atoms with Crippen molar-refractivity contribution in [3.8, 4) is 16.9 Å². The van der Waals surface area contributed by atoms with Gasteiger partial charge in [0.15, 0.2) is 0 Å². The van der Waals surface area contributed by atoms with E-state index in [-0.39, 0.29) is 19.0 Å². The van der Waals surface area contributed by atoms with E-state index in [2.05, 4.69) is 10.6 Å². The fraction of sp³-hybridized carbons (Fsp3) is 0.143. The molecule has 8 nitrogen and oxygen atoms in total. The maximum absolute atomic E-state index is 13.3. The molecule has 4 rings (SSSR count). The molecular formula is C28H27N5O3. The minimum atomic E-state index is -0.613. The smallest absolute Gasteiger partial charge is 0.255 e. The van der Waals surface area contributed by atoms with Crippen LogP contribution in [-0.2, 0) is 11.3 Å². The number of carbonyl (C=O) groups is 3. The number of hydrogen-bond donors (Lipinski definition) is 3. The molecule has 0 aliphatic rings. The number of benzene rings is 3. The minimum absolute atomic E-state index is 0.226. The predicted octanol–water partition coefficient (Wildman–Crippen LogP) is 3.30. The monoisotopic (exact) mass is 481 g/mol. The summed E-state index contributed by atoms with van der Waals surface area (Å²) < 4.78 is 1.71. The molecular weight excluding hydrogens is 454 g/mol. The normalized spacial score (nSPS) is 10.6. The van der Waals surface area contributed by atoms with E-state index < -0.39 is 11.8 Å². The van der Waals surface area contributed by atoms with E-state index in [4.69, 9.17) is 10.8 Å². The number of rotatable bonds is 8. The number of nitrogens with zero attached hydrogens (tertiary/aromatic N) is 2. The molecule has 0 saturated carbocycles. The Kier molecular flexibility index (Phi) is 7.25. The lowest BCUT2D eigenvalue weighted by Gasteiger charge is -2.08. The third kappa shape index (κ3) is 5.67. The predicted molar refractivity (Wildman–Crippen MR) is 138 cm³/mol. The zero-order valence-electron chi connectivity index (χ0n) is 20.1. The van der Waals surface area contributed by atoms with E-state index in [1.807, 2.05) is 62.4 Å². The van der Waals surface area contributed by atoms with Crippen molar-refractivity contribution in [3.63, 3.8) is 0 Å². The van der Waals surface area contributed by atoms with Gasteiger partial charge in [-0.05, 0) is 60.9 Å². The molecule has 0 atom stereocenters. The van der Waals surface area contributed by atoms with Crippen LogP contribution in [0.4, 0.5) is 0 Å². The fourth-order valence-electron chi connectivity index (χ4n) is 3.68. The van der Waals surface area contributed by atoms with Crippen LogP contribution in [0.3, 0.4) is 0 Å². The van der Waals surface area contributed by atoms with Gasteiger partial charge in [-0.25, -0.2) is 4.68 Å². The van der Waals surface area contributed by atoms with Gasteiger partial charge < -0.3 is 16.4 Å². The molecule has 4 aromatic rings. The molecule has 0 spiro atoms. The van der Waals surface area contributed by atoms with Gasteiger partial charge >= 0.3 is 0 Å². The highest BCUT2D eigenvalue weighted by Crippen LogP contribution is 2.26. The van der Waals surface area contributed by atoms with Crippen molar-refractivity contribution in [1.29, 1.82) is 0 Å². The Balaban J connectivity index is 1.54. The van der Waals surface area contributed by atoms with Crippen LogP contribution in [0.5, 0.6) is 0 Å². The van der Waals surface area contributed by atoms with Crippen LogP contribution in [0.25, 0.3) is 16.9 Å². The average Bonchev–Trinajstić information content (AvgIpc) is 3.34. The van der Waals surface area contributed by atoms with Gasteiger partial charge in [0.2, 0.25) is 5.91 Å². The van der Waals surface area contributed by atoms with E-state index in [0.29, 0.717) is 16.8 Å².